The summed E-state index contributed by atoms with van der Waals surface area (Å²) in [6, 6.07) is 14.2. The van der Waals surface area contributed by atoms with E-state index < -0.39 is 0 Å². The van der Waals surface area contributed by atoms with E-state index in [-0.39, 0.29) is 0 Å². The van der Waals surface area contributed by atoms with Gasteiger partial charge in [-0.1, -0.05) is 18.2 Å². The van der Waals surface area contributed by atoms with Crippen LogP contribution in [0.15, 0.2) is 53.7 Å². The van der Waals surface area contributed by atoms with Crippen molar-refractivity contribution in [1.82, 2.24) is 14.9 Å². The summed E-state index contributed by atoms with van der Waals surface area (Å²) in [5, 5.41) is 1.05. The zero-order valence-corrected chi connectivity index (χ0v) is 14.3. The molecule has 0 spiro atoms. The Morgan fingerprint density at radius 1 is 1.13 bits per heavy atom. The van der Waals surface area contributed by atoms with Crippen LogP contribution < -0.4 is 0 Å². The highest BCUT2D eigenvalue weighted by atomic mass is 32.1. The Hall–Kier alpha value is -2.11. The quantitative estimate of drug-likeness (QED) is 0.650. The van der Waals surface area contributed by atoms with Gasteiger partial charge in [-0.15, -0.1) is 11.3 Å². The fraction of sp³-hybridized carbons (Fsp3) is 0.278. The minimum Gasteiger partial charge on any atom is -0.309 e. The molecule has 0 unspecified atom stereocenters. The molecule has 0 aliphatic heterocycles. The van der Waals surface area contributed by atoms with Crippen molar-refractivity contribution >= 4 is 27.3 Å². The van der Waals surface area contributed by atoms with Gasteiger partial charge in [-0.25, -0.2) is 4.98 Å². The molecule has 0 radical (unpaired) electrons. The summed E-state index contributed by atoms with van der Waals surface area (Å²) in [6.45, 7) is 1.56. The zero-order valence-electron chi connectivity index (χ0n) is 13.4. The molecular formula is C18H20N4S. The summed E-state index contributed by atoms with van der Waals surface area (Å²) in [6.07, 6.45) is 2.70. The lowest BCUT2D eigenvalue weighted by atomic mass is 10.1. The molecule has 0 aliphatic rings. The van der Waals surface area contributed by atoms with Crippen LogP contribution in [0.3, 0.4) is 0 Å². The van der Waals surface area contributed by atoms with E-state index in [1.807, 2.05) is 42.6 Å². The van der Waals surface area contributed by atoms with Crippen LogP contribution >= 0.6 is 11.3 Å². The lowest BCUT2D eigenvalue weighted by molar-refractivity contribution is 0.421. The highest BCUT2D eigenvalue weighted by Crippen LogP contribution is 2.22. The van der Waals surface area contributed by atoms with Crippen LogP contribution in [0.25, 0.3) is 10.2 Å². The molecule has 3 aromatic rings. The Labute approximate surface area is 140 Å². The predicted molar refractivity (Wildman–Crippen MR) is 97.3 cm³/mol. The summed E-state index contributed by atoms with van der Waals surface area (Å²) >= 11 is 1.71. The second kappa shape index (κ2) is 7.44. The van der Waals surface area contributed by atoms with Gasteiger partial charge in [0, 0.05) is 19.2 Å². The van der Waals surface area contributed by atoms with Gasteiger partial charge >= 0.3 is 0 Å². The molecule has 1 aromatic carbocycles. The van der Waals surface area contributed by atoms with Gasteiger partial charge in [-0.2, -0.15) is 0 Å². The van der Waals surface area contributed by atoms with Crippen LogP contribution in [-0.4, -0.2) is 41.2 Å². The van der Waals surface area contributed by atoms with E-state index in [0.29, 0.717) is 6.54 Å². The third-order valence-electron chi connectivity index (χ3n) is 3.50. The van der Waals surface area contributed by atoms with Gasteiger partial charge in [-0.05, 0) is 38.4 Å². The highest BCUT2D eigenvalue weighted by molar-refractivity contribution is 7.18. The molecule has 0 fully saturated rings. The number of hydrogen-bond acceptors (Lipinski definition) is 5. The number of hydrogen-bond donors (Lipinski definition) is 0. The van der Waals surface area contributed by atoms with Gasteiger partial charge in [0.15, 0.2) is 0 Å². The molecule has 2 aromatic heterocycles. The van der Waals surface area contributed by atoms with Crippen molar-refractivity contribution in [2.45, 2.75) is 13.0 Å². The van der Waals surface area contributed by atoms with Crippen molar-refractivity contribution < 1.29 is 0 Å². The zero-order chi connectivity index (χ0) is 16.1. The molecule has 0 saturated carbocycles. The highest BCUT2D eigenvalue weighted by Gasteiger charge is 2.07. The number of pyridine rings is 1. The first kappa shape index (κ1) is 15.8. The Kier molecular flexibility index (Phi) is 5.10. The van der Waals surface area contributed by atoms with E-state index in [2.05, 4.69) is 35.0 Å². The van der Waals surface area contributed by atoms with Gasteiger partial charge in [0.05, 0.1) is 28.2 Å². The Bertz CT molecular complexity index is 760. The molecular weight excluding hydrogens is 304 g/mol. The van der Waals surface area contributed by atoms with E-state index in [1.165, 1.54) is 4.70 Å². The average Bonchev–Trinajstić information content (AvgIpc) is 2.98. The number of rotatable bonds is 6. The molecule has 2 heterocycles. The van der Waals surface area contributed by atoms with Crippen LogP contribution in [0.1, 0.15) is 17.1 Å². The first-order valence-corrected chi connectivity index (χ1v) is 8.48. The lowest BCUT2D eigenvalue weighted by Gasteiger charge is -2.11. The third-order valence-corrected chi connectivity index (χ3v) is 4.52. The van der Waals surface area contributed by atoms with Gasteiger partial charge in [0.2, 0.25) is 0 Å². The van der Waals surface area contributed by atoms with Crippen molar-refractivity contribution in [3.8, 4) is 0 Å². The first-order valence-electron chi connectivity index (χ1n) is 7.66. The second-order valence-corrected chi connectivity index (χ2v) is 6.72. The van der Waals surface area contributed by atoms with Gasteiger partial charge < -0.3 is 4.90 Å². The Balaban J connectivity index is 1.82. The molecule has 4 nitrogen and oxygen atoms in total. The van der Waals surface area contributed by atoms with Crippen LogP contribution in [0.5, 0.6) is 0 Å². The maximum atomic E-state index is 4.81. The number of thiazole rings is 1. The summed E-state index contributed by atoms with van der Waals surface area (Å²) in [5.41, 5.74) is 3.05. The van der Waals surface area contributed by atoms with E-state index >= 15 is 0 Å². The van der Waals surface area contributed by atoms with Crippen LogP contribution in [0.4, 0.5) is 0 Å². The van der Waals surface area contributed by atoms with Gasteiger partial charge in [-0.3, -0.25) is 9.98 Å². The first-order chi connectivity index (χ1) is 11.2. The van der Waals surface area contributed by atoms with Crippen LogP contribution in [0.2, 0.25) is 0 Å². The van der Waals surface area contributed by atoms with Crippen molar-refractivity contribution in [2.75, 3.05) is 20.6 Å². The van der Waals surface area contributed by atoms with E-state index in [9.17, 15) is 0 Å². The molecule has 0 aliphatic carbocycles. The van der Waals surface area contributed by atoms with Crippen molar-refractivity contribution in [3.05, 3.63) is 59.4 Å². The van der Waals surface area contributed by atoms with Gasteiger partial charge in [0.1, 0.15) is 5.01 Å². The number of fused-ring (bicyclic) bond motifs is 1. The molecule has 0 bridgehead atoms. The SMILES string of the molecule is CN(C)CCC(=NCc1nc2ccccc2s1)c1ccccn1. The number of nitrogens with zero attached hydrogens (tertiary/aromatic N) is 4. The Morgan fingerprint density at radius 3 is 2.70 bits per heavy atom. The molecule has 0 N–H and O–H groups in total. The van der Waals surface area contributed by atoms with Crippen LogP contribution in [-0.2, 0) is 6.54 Å². The smallest absolute Gasteiger partial charge is 0.115 e. The maximum absolute atomic E-state index is 4.81. The minimum atomic E-state index is 0.610. The lowest BCUT2D eigenvalue weighted by Crippen LogP contribution is -2.18. The number of aromatic nitrogens is 2. The second-order valence-electron chi connectivity index (χ2n) is 5.61. The normalized spacial score (nSPS) is 12.2. The van der Waals surface area contributed by atoms with Crippen molar-refractivity contribution in [3.63, 3.8) is 0 Å². The molecule has 0 amide bonds. The molecule has 0 saturated heterocycles. The maximum Gasteiger partial charge on any atom is 0.115 e. The van der Waals surface area contributed by atoms with E-state index in [4.69, 9.17) is 4.99 Å². The van der Waals surface area contributed by atoms with E-state index in [0.717, 1.165) is 34.9 Å². The largest absolute Gasteiger partial charge is 0.309 e. The van der Waals surface area contributed by atoms with Gasteiger partial charge in [0.25, 0.3) is 0 Å². The van der Waals surface area contributed by atoms with Crippen molar-refractivity contribution in [1.29, 1.82) is 0 Å². The fourth-order valence-corrected chi connectivity index (χ4v) is 3.19. The molecule has 5 heteroatoms. The van der Waals surface area contributed by atoms with Crippen molar-refractivity contribution in [2.24, 2.45) is 4.99 Å². The topological polar surface area (TPSA) is 41.4 Å². The van der Waals surface area contributed by atoms with E-state index in [1.54, 1.807) is 11.3 Å². The fourth-order valence-electron chi connectivity index (χ4n) is 2.30. The summed E-state index contributed by atoms with van der Waals surface area (Å²) in [7, 11) is 4.15. The molecule has 23 heavy (non-hydrogen) atoms. The molecule has 3 rings (SSSR count). The minimum absolute atomic E-state index is 0.610. The summed E-state index contributed by atoms with van der Waals surface area (Å²) < 4.78 is 1.21. The average molecular weight is 324 g/mol. The Morgan fingerprint density at radius 2 is 1.96 bits per heavy atom. The monoisotopic (exact) mass is 324 g/mol. The predicted octanol–water partition coefficient (Wildman–Crippen LogP) is 3.63. The van der Waals surface area contributed by atoms with Crippen LogP contribution in [0, 0.1) is 0 Å². The number of aliphatic imine (C=N–C) groups is 1. The number of para-hydroxylation sites is 1. The summed E-state index contributed by atoms with van der Waals surface area (Å²) in [4.78, 5) is 16.1. The summed E-state index contributed by atoms with van der Waals surface area (Å²) in [5.74, 6) is 0. The molecule has 118 valence electrons. The third kappa shape index (κ3) is 4.21. The number of benzene rings is 1. The molecule has 0 atom stereocenters. The standard InChI is InChI=1S/C18H20N4S/c1-22(2)12-10-15(14-7-5-6-11-19-14)20-13-18-21-16-8-3-4-9-17(16)23-18/h3-9,11H,10,12-13H2,1-2H3.